The molecule has 6 heteroatoms. The van der Waals surface area contributed by atoms with Crippen molar-refractivity contribution in [3.63, 3.8) is 0 Å². The van der Waals surface area contributed by atoms with Gasteiger partial charge in [-0.15, -0.1) is 0 Å². The van der Waals surface area contributed by atoms with Crippen LogP contribution in [-0.4, -0.2) is 15.4 Å². The van der Waals surface area contributed by atoms with Gasteiger partial charge in [-0.25, -0.2) is 4.39 Å². The van der Waals surface area contributed by atoms with E-state index >= 15 is 0 Å². The number of rotatable bonds is 3. The summed E-state index contributed by atoms with van der Waals surface area (Å²) < 4.78 is 14.3. The Bertz CT molecular complexity index is 472. The maximum Gasteiger partial charge on any atom is 0.126 e. The van der Waals surface area contributed by atoms with Gasteiger partial charge >= 0.3 is 0 Å². The number of nitrogens with zero attached hydrogens (tertiary/aromatic N) is 2. The van der Waals surface area contributed by atoms with Gasteiger partial charge in [-0.1, -0.05) is 15.9 Å². The predicted octanol–water partition coefficient (Wildman–Crippen LogP) is 1.95. The highest BCUT2D eigenvalue weighted by molar-refractivity contribution is 9.10. The third kappa shape index (κ3) is 2.45. The molecule has 1 atom stereocenters. The van der Waals surface area contributed by atoms with Crippen LogP contribution in [0.25, 0.3) is 0 Å². The fraction of sp³-hybridized carbons (Fsp3) is 0.200. The van der Waals surface area contributed by atoms with Gasteiger partial charge in [0.25, 0.3) is 0 Å². The van der Waals surface area contributed by atoms with Crippen LogP contribution in [0.4, 0.5) is 4.39 Å². The molecule has 2 rings (SSSR count). The second-order valence-electron chi connectivity index (χ2n) is 3.44. The number of aromatic nitrogens is 3. The first-order valence-electron chi connectivity index (χ1n) is 4.72. The zero-order valence-electron chi connectivity index (χ0n) is 8.32. The number of nitrogens with one attached hydrogen (secondary N) is 1. The topological polar surface area (TPSA) is 67.6 Å². The van der Waals surface area contributed by atoms with Crippen LogP contribution in [0.1, 0.15) is 17.3 Å². The largest absolute Gasteiger partial charge is 0.322 e. The standard InChI is InChI=1S/C10H10BrFN4/c11-7-1-2-8(12)6(3-7)4-9(13)10-5-14-16-15-10/h1-3,5,9H,4,13H2,(H,14,15,16). The third-order valence-corrected chi connectivity index (χ3v) is 2.75. The second-order valence-corrected chi connectivity index (χ2v) is 4.36. The summed E-state index contributed by atoms with van der Waals surface area (Å²) in [5.41, 5.74) is 7.07. The van der Waals surface area contributed by atoms with E-state index in [2.05, 4.69) is 31.3 Å². The van der Waals surface area contributed by atoms with E-state index in [1.807, 2.05) is 0 Å². The van der Waals surface area contributed by atoms with Crippen molar-refractivity contribution in [2.45, 2.75) is 12.5 Å². The minimum absolute atomic E-state index is 0.262. The van der Waals surface area contributed by atoms with Crippen molar-refractivity contribution in [2.75, 3.05) is 0 Å². The van der Waals surface area contributed by atoms with E-state index in [-0.39, 0.29) is 11.9 Å². The third-order valence-electron chi connectivity index (χ3n) is 2.26. The van der Waals surface area contributed by atoms with Gasteiger partial charge in [-0.05, 0) is 30.2 Å². The lowest BCUT2D eigenvalue weighted by Gasteiger charge is -2.09. The summed E-state index contributed by atoms with van der Waals surface area (Å²) in [5, 5.41) is 10.0. The summed E-state index contributed by atoms with van der Waals surface area (Å²) >= 11 is 3.29. The lowest BCUT2D eigenvalue weighted by Crippen LogP contribution is -2.14. The molecule has 1 heterocycles. The van der Waals surface area contributed by atoms with Crippen molar-refractivity contribution < 1.29 is 4.39 Å². The van der Waals surface area contributed by atoms with Gasteiger partial charge in [0.2, 0.25) is 0 Å². The molecule has 0 bridgehead atoms. The molecule has 84 valence electrons. The van der Waals surface area contributed by atoms with Gasteiger partial charge in [0, 0.05) is 4.47 Å². The van der Waals surface area contributed by atoms with Crippen LogP contribution >= 0.6 is 15.9 Å². The number of benzene rings is 1. The van der Waals surface area contributed by atoms with Crippen LogP contribution < -0.4 is 5.73 Å². The molecule has 0 aliphatic heterocycles. The van der Waals surface area contributed by atoms with E-state index in [4.69, 9.17) is 5.73 Å². The van der Waals surface area contributed by atoms with Crippen molar-refractivity contribution in [3.8, 4) is 0 Å². The molecule has 0 spiro atoms. The first-order chi connectivity index (χ1) is 7.66. The summed E-state index contributed by atoms with van der Waals surface area (Å²) in [6.45, 7) is 0. The minimum Gasteiger partial charge on any atom is -0.322 e. The van der Waals surface area contributed by atoms with E-state index in [9.17, 15) is 4.39 Å². The molecule has 0 radical (unpaired) electrons. The lowest BCUT2D eigenvalue weighted by atomic mass is 10.0. The number of H-pyrrole nitrogens is 1. The number of nitrogens with two attached hydrogens (primary N) is 1. The number of hydrogen-bond acceptors (Lipinski definition) is 3. The monoisotopic (exact) mass is 284 g/mol. The van der Waals surface area contributed by atoms with Crippen molar-refractivity contribution in [1.82, 2.24) is 15.4 Å². The molecule has 2 aromatic rings. The summed E-state index contributed by atoms with van der Waals surface area (Å²) in [7, 11) is 0. The molecule has 0 fully saturated rings. The number of hydrogen-bond donors (Lipinski definition) is 2. The van der Waals surface area contributed by atoms with Crippen molar-refractivity contribution in [3.05, 3.63) is 45.9 Å². The smallest absolute Gasteiger partial charge is 0.126 e. The van der Waals surface area contributed by atoms with Crippen LogP contribution in [0.5, 0.6) is 0 Å². The van der Waals surface area contributed by atoms with Gasteiger partial charge in [-0.3, -0.25) is 0 Å². The molecule has 1 unspecified atom stereocenters. The Morgan fingerprint density at radius 2 is 2.31 bits per heavy atom. The lowest BCUT2D eigenvalue weighted by molar-refractivity contribution is 0.589. The van der Waals surface area contributed by atoms with Crippen molar-refractivity contribution >= 4 is 15.9 Å². The summed E-state index contributed by atoms with van der Waals surface area (Å²) in [6, 6.07) is 4.42. The number of halogens is 2. The van der Waals surface area contributed by atoms with E-state index < -0.39 is 0 Å². The van der Waals surface area contributed by atoms with Crippen molar-refractivity contribution in [1.29, 1.82) is 0 Å². The summed E-state index contributed by atoms with van der Waals surface area (Å²) in [5.74, 6) is -0.262. The molecular formula is C10H10BrFN4. The van der Waals surface area contributed by atoms with Gasteiger partial charge < -0.3 is 5.73 Å². The van der Waals surface area contributed by atoms with Gasteiger partial charge in [0.15, 0.2) is 0 Å². The minimum atomic E-state index is -0.359. The molecule has 4 nitrogen and oxygen atoms in total. The van der Waals surface area contributed by atoms with Gasteiger partial charge in [0.1, 0.15) is 5.82 Å². The highest BCUT2D eigenvalue weighted by Gasteiger charge is 2.12. The van der Waals surface area contributed by atoms with E-state index in [1.54, 1.807) is 18.3 Å². The molecule has 0 saturated carbocycles. The number of aromatic amines is 1. The van der Waals surface area contributed by atoms with Crippen LogP contribution in [0.15, 0.2) is 28.9 Å². The maximum absolute atomic E-state index is 13.5. The second kappa shape index (κ2) is 4.71. The molecule has 3 N–H and O–H groups in total. The van der Waals surface area contributed by atoms with Gasteiger partial charge in [0.05, 0.1) is 17.9 Å². The highest BCUT2D eigenvalue weighted by atomic mass is 79.9. The Balaban J connectivity index is 2.17. The SMILES string of the molecule is NC(Cc1cc(Br)ccc1F)c1cn[nH]n1. The van der Waals surface area contributed by atoms with E-state index in [0.29, 0.717) is 17.7 Å². The van der Waals surface area contributed by atoms with Crippen LogP contribution in [0, 0.1) is 5.82 Å². The zero-order chi connectivity index (χ0) is 11.5. The van der Waals surface area contributed by atoms with Crippen LogP contribution in [-0.2, 0) is 6.42 Å². The zero-order valence-corrected chi connectivity index (χ0v) is 9.91. The summed E-state index contributed by atoms with van der Waals surface area (Å²) in [4.78, 5) is 0. The van der Waals surface area contributed by atoms with Crippen LogP contribution in [0.3, 0.4) is 0 Å². The van der Waals surface area contributed by atoms with E-state index in [1.165, 1.54) is 6.07 Å². The molecule has 0 saturated heterocycles. The molecular weight excluding hydrogens is 275 g/mol. The fourth-order valence-electron chi connectivity index (χ4n) is 1.43. The van der Waals surface area contributed by atoms with E-state index in [0.717, 1.165) is 4.47 Å². The predicted molar refractivity (Wildman–Crippen MR) is 61.1 cm³/mol. The molecule has 16 heavy (non-hydrogen) atoms. The Morgan fingerprint density at radius 3 is 3.00 bits per heavy atom. The molecule has 0 aliphatic carbocycles. The molecule has 0 aliphatic rings. The normalized spacial score (nSPS) is 12.7. The maximum atomic E-state index is 13.5. The Morgan fingerprint density at radius 1 is 1.50 bits per heavy atom. The molecule has 0 amide bonds. The summed E-state index contributed by atoms with van der Waals surface area (Å²) in [6.07, 6.45) is 1.93. The average Bonchev–Trinajstić information content (AvgIpc) is 2.76. The highest BCUT2D eigenvalue weighted by Crippen LogP contribution is 2.20. The van der Waals surface area contributed by atoms with Crippen molar-refractivity contribution in [2.24, 2.45) is 5.73 Å². The van der Waals surface area contributed by atoms with Crippen LogP contribution in [0.2, 0.25) is 0 Å². The Labute approximate surface area is 100 Å². The Kier molecular flexibility index (Phi) is 3.31. The molecule has 1 aromatic carbocycles. The fourth-order valence-corrected chi connectivity index (χ4v) is 1.84. The molecule has 1 aromatic heterocycles. The first kappa shape index (κ1) is 11.2. The first-order valence-corrected chi connectivity index (χ1v) is 5.51. The quantitative estimate of drug-likeness (QED) is 0.905. The average molecular weight is 285 g/mol. The van der Waals surface area contributed by atoms with Gasteiger partial charge in [-0.2, -0.15) is 15.4 Å². The Hall–Kier alpha value is -1.27.